The molecule has 0 amide bonds. The first-order chi connectivity index (χ1) is 7.50. The summed E-state index contributed by atoms with van der Waals surface area (Å²) in [6.07, 6.45) is -2.51. The summed E-state index contributed by atoms with van der Waals surface area (Å²) in [5.41, 5.74) is 1.83. The lowest BCUT2D eigenvalue weighted by Gasteiger charge is -2.19. The number of hydrazine groups is 1. The van der Waals surface area contributed by atoms with Gasteiger partial charge in [-0.15, -0.1) is 6.58 Å². The van der Waals surface area contributed by atoms with Crippen molar-refractivity contribution >= 4 is 0 Å². The van der Waals surface area contributed by atoms with Gasteiger partial charge in [-0.3, -0.25) is 11.3 Å². The summed E-state index contributed by atoms with van der Waals surface area (Å²) in [6, 6.07) is 4.79. The van der Waals surface area contributed by atoms with E-state index in [1.165, 1.54) is 18.2 Å². The minimum absolute atomic E-state index is 0.136. The summed E-state index contributed by atoms with van der Waals surface area (Å²) in [4.78, 5) is 0. The Morgan fingerprint density at radius 2 is 2.00 bits per heavy atom. The van der Waals surface area contributed by atoms with Gasteiger partial charge in [0.2, 0.25) is 0 Å². The van der Waals surface area contributed by atoms with Gasteiger partial charge in [-0.2, -0.15) is 13.2 Å². The Balaban J connectivity index is 3.16. The molecule has 88 valence electrons. The Bertz CT molecular complexity index is 360. The largest absolute Gasteiger partial charge is 0.416 e. The van der Waals surface area contributed by atoms with E-state index in [1.807, 2.05) is 0 Å². The van der Waals surface area contributed by atoms with E-state index in [1.54, 1.807) is 6.07 Å². The second kappa shape index (κ2) is 5.14. The lowest BCUT2D eigenvalue weighted by atomic mass is 9.98. The lowest BCUT2D eigenvalue weighted by molar-refractivity contribution is -0.138. The standard InChI is InChI=1S/C11H13F3N2/c1-2-5-10(16-15)8-6-3-4-7-9(8)11(12,13)14/h2-4,6-7,10,16H,1,5,15H2. The molecule has 3 N–H and O–H groups in total. The van der Waals surface area contributed by atoms with Crippen LogP contribution in [0.2, 0.25) is 0 Å². The number of rotatable bonds is 4. The minimum Gasteiger partial charge on any atom is -0.271 e. The highest BCUT2D eigenvalue weighted by atomic mass is 19.4. The van der Waals surface area contributed by atoms with Crippen LogP contribution < -0.4 is 11.3 Å². The van der Waals surface area contributed by atoms with Crippen LogP contribution in [0.3, 0.4) is 0 Å². The first-order valence-electron chi connectivity index (χ1n) is 4.74. The molecule has 1 unspecified atom stereocenters. The third-order valence-electron chi connectivity index (χ3n) is 2.25. The Kier molecular flexibility index (Phi) is 4.09. The maximum absolute atomic E-state index is 12.7. The fourth-order valence-corrected chi connectivity index (χ4v) is 1.51. The molecule has 0 heterocycles. The minimum atomic E-state index is -4.37. The Morgan fingerprint density at radius 1 is 1.38 bits per heavy atom. The van der Waals surface area contributed by atoms with Gasteiger partial charge in [0.15, 0.2) is 0 Å². The van der Waals surface area contributed by atoms with Crippen LogP contribution in [0.25, 0.3) is 0 Å². The summed E-state index contributed by atoms with van der Waals surface area (Å²) >= 11 is 0. The molecule has 16 heavy (non-hydrogen) atoms. The molecule has 0 aliphatic heterocycles. The number of benzene rings is 1. The fourth-order valence-electron chi connectivity index (χ4n) is 1.51. The topological polar surface area (TPSA) is 38.0 Å². The SMILES string of the molecule is C=CCC(NN)c1ccccc1C(F)(F)F. The van der Waals surface area contributed by atoms with E-state index in [9.17, 15) is 13.2 Å². The number of hydrogen-bond acceptors (Lipinski definition) is 2. The van der Waals surface area contributed by atoms with Crippen molar-refractivity contribution in [2.24, 2.45) is 5.84 Å². The molecule has 0 aromatic heterocycles. The van der Waals surface area contributed by atoms with Crippen molar-refractivity contribution in [3.05, 3.63) is 48.0 Å². The summed E-state index contributed by atoms with van der Waals surface area (Å²) in [7, 11) is 0. The fraction of sp³-hybridized carbons (Fsp3) is 0.273. The predicted molar refractivity (Wildman–Crippen MR) is 56.3 cm³/mol. The average Bonchev–Trinajstić information content (AvgIpc) is 2.25. The maximum Gasteiger partial charge on any atom is 0.416 e. The Morgan fingerprint density at radius 3 is 2.50 bits per heavy atom. The molecule has 1 aromatic rings. The number of nitrogens with one attached hydrogen (secondary N) is 1. The predicted octanol–water partition coefficient (Wildman–Crippen LogP) is 2.79. The molecule has 0 fully saturated rings. The summed E-state index contributed by atoms with van der Waals surface area (Å²) < 4.78 is 38.1. The summed E-state index contributed by atoms with van der Waals surface area (Å²) in [5, 5.41) is 0. The first-order valence-corrected chi connectivity index (χ1v) is 4.74. The number of nitrogens with two attached hydrogens (primary N) is 1. The molecule has 1 atom stereocenters. The highest BCUT2D eigenvalue weighted by molar-refractivity contribution is 5.32. The van der Waals surface area contributed by atoms with Crippen LogP contribution in [0.4, 0.5) is 13.2 Å². The lowest BCUT2D eigenvalue weighted by Crippen LogP contribution is -2.29. The molecule has 0 spiro atoms. The smallest absolute Gasteiger partial charge is 0.271 e. The average molecular weight is 230 g/mol. The van der Waals surface area contributed by atoms with Gasteiger partial charge in [0.05, 0.1) is 5.56 Å². The molecule has 0 saturated carbocycles. The van der Waals surface area contributed by atoms with Crippen LogP contribution in [-0.2, 0) is 6.18 Å². The van der Waals surface area contributed by atoms with Crippen LogP contribution in [-0.4, -0.2) is 0 Å². The molecular formula is C11H13F3N2. The number of alkyl halides is 3. The monoisotopic (exact) mass is 230 g/mol. The molecule has 1 aromatic carbocycles. The zero-order chi connectivity index (χ0) is 12.2. The van der Waals surface area contributed by atoms with Crippen molar-refractivity contribution in [1.29, 1.82) is 0 Å². The van der Waals surface area contributed by atoms with Crippen molar-refractivity contribution in [2.45, 2.75) is 18.6 Å². The second-order valence-electron chi connectivity index (χ2n) is 3.33. The van der Waals surface area contributed by atoms with Gasteiger partial charge >= 0.3 is 6.18 Å². The second-order valence-corrected chi connectivity index (χ2v) is 3.33. The zero-order valence-electron chi connectivity index (χ0n) is 8.59. The molecule has 0 saturated heterocycles. The zero-order valence-corrected chi connectivity index (χ0v) is 8.59. The van der Waals surface area contributed by atoms with Crippen molar-refractivity contribution in [1.82, 2.24) is 5.43 Å². The molecule has 1 rings (SSSR count). The third-order valence-corrected chi connectivity index (χ3v) is 2.25. The summed E-state index contributed by atoms with van der Waals surface area (Å²) in [5.74, 6) is 5.24. The molecule has 2 nitrogen and oxygen atoms in total. The van der Waals surface area contributed by atoms with Crippen LogP contribution >= 0.6 is 0 Å². The van der Waals surface area contributed by atoms with Crippen LogP contribution in [0.5, 0.6) is 0 Å². The van der Waals surface area contributed by atoms with E-state index in [0.717, 1.165) is 6.07 Å². The molecule has 0 radical (unpaired) electrons. The number of halogens is 3. The van der Waals surface area contributed by atoms with Gasteiger partial charge in [0, 0.05) is 6.04 Å². The highest BCUT2D eigenvalue weighted by Gasteiger charge is 2.34. The molecular weight excluding hydrogens is 217 g/mol. The number of hydrogen-bond donors (Lipinski definition) is 2. The third kappa shape index (κ3) is 2.84. The van der Waals surface area contributed by atoms with Crippen molar-refractivity contribution in [2.75, 3.05) is 0 Å². The van der Waals surface area contributed by atoms with Gasteiger partial charge in [-0.1, -0.05) is 24.3 Å². The van der Waals surface area contributed by atoms with Gasteiger partial charge in [0.1, 0.15) is 0 Å². The quantitative estimate of drug-likeness (QED) is 0.474. The van der Waals surface area contributed by atoms with Gasteiger partial charge in [-0.25, -0.2) is 0 Å². The van der Waals surface area contributed by atoms with Gasteiger partial charge in [0.25, 0.3) is 0 Å². The normalized spacial score (nSPS) is 13.5. The Hall–Kier alpha value is -1.33. The highest BCUT2D eigenvalue weighted by Crippen LogP contribution is 2.35. The van der Waals surface area contributed by atoms with E-state index in [-0.39, 0.29) is 5.56 Å². The molecule has 0 bridgehead atoms. The molecule has 5 heteroatoms. The van der Waals surface area contributed by atoms with E-state index < -0.39 is 17.8 Å². The van der Waals surface area contributed by atoms with E-state index in [4.69, 9.17) is 5.84 Å². The first kappa shape index (κ1) is 12.7. The van der Waals surface area contributed by atoms with Crippen LogP contribution in [0, 0.1) is 0 Å². The van der Waals surface area contributed by atoms with Crippen molar-refractivity contribution < 1.29 is 13.2 Å². The van der Waals surface area contributed by atoms with E-state index in [0.29, 0.717) is 6.42 Å². The van der Waals surface area contributed by atoms with E-state index >= 15 is 0 Å². The van der Waals surface area contributed by atoms with Crippen LogP contribution in [0.15, 0.2) is 36.9 Å². The maximum atomic E-state index is 12.7. The van der Waals surface area contributed by atoms with Crippen LogP contribution in [0.1, 0.15) is 23.6 Å². The van der Waals surface area contributed by atoms with Gasteiger partial charge in [-0.05, 0) is 18.1 Å². The summed E-state index contributed by atoms with van der Waals surface area (Å²) in [6.45, 7) is 3.49. The Labute approximate surface area is 91.9 Å². The van der Waals surface area contributed by atoms with Gasteiger partial charge < -0.3 is 0 Å². The van der Waals surface area contributed by atoms with Crippen molar-refractivity contribution in [3.8, 4) is 0 Å². The molecule has 0 aliphatic rings. The van der Waals surface area contributed by atoms with E-state index in [2.05, 4.69) is 12.0 Å². The molecule has 0 aliphatic carbocycles. The van der Waals surface area contributed by atoms with Crippen molar-refractivity contribution in [3.63, 3.8) is 0 Å².